The maximum absolute atomic E-state index is 14.1. The number of benzene rings is 1. The first-order valence-electron chi connectivity index (χ1n) is 11.8. The van der Waals surface area contributed by atoms with Crippen LogP contribution in [-0.4, -0.2) is 75.2 Å². The zero-order valence-electron chi connectivity index (χ0n) is 18.6. The number of carbonyl (C=O) groups is 1. The van der Waals surface area contributed by atoms with Gasteiger partial charge >= 0.3 is 0 Å². The highest BCUT2D eigenvalue weighted by Gasteiger charge is 2.60. The first-order valence-corrected chi connectivity index (χ1v) is 14.0. The van der Waals surface area contributed by atoms with Gasteiger partial charge in [0.2, 0.25) is 0 Å². The third-order valence-corrected chi connectivity index (χ3v) is 10.3. The van der Waals surface area contributed by atoms with Gasteiger partial charge in [-0.15, -0.1) is 10.2 Å². The molecule has 34 heavy (non-hydrogen) atoms. The number of sulfone groups is 1. The second kappa shape index (κ2) is 6.79. The Bertz CT molecular complexity index is 1310. The summed E-state index contributed by atoms with van der Waals surface area (Å²) in [6.45, 7) is 2.39. The molecule has 0 bridgehead atoms. The molecule has 1 aromatic carbocycles. The summed E-state index contributed by atoms with van der Waals surface area (Å²) < 4.78 is 39.9. The van der Waals surface area contributed by atoms with Crippen molar-refractivity contribution in [1.29, 1.82) is 0 Å². The Kier molecular flexibility index (Phi) is 4.25. The quantitative estimate of drug-likeness (QED) is 0.635. The van der Waals surface area contributed by atoms with E-state index in [9.17, 15) is 17.6 Å². The summed E-state index contributed by atoms with van der Waals surface area (Å²) in [4.78, 5) is 16.1. The topological polar surface area (TPSA) is 88.4 Å². The molecule has 3 aliphatic heterocycles. The molecule has 0 radical (unpaired) electrons. The summed E-state index contributed by atoms with van der Waals surface area (Å²) in [5.41, 5.74) is 0.496. The van der Waals surface area contributed by atoms with Gasteiger partial charge in [-0.2, -0.15) is 0 Å². The molecule has 4 fully saturated rings. The predicted molar refractivity (Wildman–Crippen MR) is 122 cm³/mol. The van der Waals surface area contributed by atoms with Crippen molar-refractivity contribution in [3.63, 3.8) is 0 Å². The van der Waals surface area contributed by atoms with Gasteiger partial charge in [0.15, 0.2) is 21.3 Å². The molecule has 2 aliphatic carbocycles. The van der Waals surface area contributed by atoms with Crippen LogP contribution in [0, 0.1) is 5.41 Å². The summed E-state index contributed by atoms with van der Waals surface area (Å²) >= 11 is 6.32. The van der Waals surface area contributed by atoms with E-state index < -0.39 is 15.5 Å². The highest BCUT2D eigenvalue weighted by atomic mass is 35.5. The van der Waals surface area contributed by atoms with E-state index in [0.29, 0.717) is 44.0 Å². The minimum absolute atomic E-state index is 0.0285. The van der Waals surface area contributed by atoms with Gasteiger partial charge in [0.25, 0.3) is 5.91 Å². The first-order chi connectivity index (χ1) is 16.1. The fourth-order valence-corrected chi connectivity index (χ4v) is 7.95. The molecule has 5 aliphatic rings. The first kappa shape index (κ1) is 21.3. The number of likely N-dealkylation sites (tertiary alicyclic amines) is 1. The summed E-state index contributed by atoms with van der Waals surface area (Å²) in [7, 11) is -2.95. The molecule has 0 atom stereocenters. The fraction of sp³-hybridized carbons (Fsp3) is 0.609. The molecule has 180 valence electrons. The second-order valence-electron chi connectivity index (χ2n) is 11.0. The molecule has 1 spiro atoms. The molecule has 8 nitrogen and oxygen atoms in total. The zero-order chi connectivity index (χ0) is 23.5. The van der Waals surface area contributed by atoms with Crippen LogP contribution in [0.4, 0.5) is 4.39 Å². The second-order valence-corrected chi connectivity index (χ2v) is 13.5. The number of alkyl halides is 1. The van der Waals surface area contributed by atoms with Crippen LogP contribution in [0.5, 0.6) is 0 Å². The van der Waals surface area contributed by atoms with Crippen LogP contribution in [0.25, 0.3) is 5.69 Å². The Balaban J connectivity index is 1.14. The molecule has 11 heteroatoms. The number of amides is 1. The number of halogens is 2. The van der Waals surface area contributed by atoms with E-state index in [-0.39, 0.29) is 34.8 Å². The Morgan fingerprint density at radius 2 is 1.85 bits per heavy atom. The Morgan fingerprint density at radius 1 is 1.12 bits per heavy atom. The number of fused-ring (bicyclic) bond motifs is 3. The molecule has 2 saturated carbocycles. The molecule has 4 heterocycles. The van der Waals surface area contributed by atoms with Crippen LogP contribution in [-0.2, 0) is 27.7 Å². The van der Waals surface area contributed by atoms with Crippen molar-refractivity contribution in [2.75, 3.05) is 24.6 Å². The molecular formula is C23H25ClFN5O3S. The maximum Gasteiger partial charge on any atom is 0.260 e. The van der Waals surface area contributed by atoms with Crippen LogP contribution in [0.3, 0.4) is 0 Å². The van der Waals surface area contributed by atoms with Crippen LogP contribution in [0.2, 0.25) is 5.02 Å². The van der Waals surface area contributed by atoms with E-state index in [2.05, 4.69) is 19.7 Å². The summed E-state index contributed by atoms with van der Waals surface area (Å²) in [6.07, 6.45) is 2.53. The number of rotatable bonds is 3. The van der Waals surface area contributed by atoms with Crippen molar-refractivity contribution in [2.45, 2.75) is 56.4 Å². The SMILES string of the molecule is O=C(N1CC2(CC(c3nnc4n3-c3ccc(Cl)cc3CN(C3CS(=O)(=O)C3)C4)C2)C1)C1(F)CC1. The van der Waals surface area contributed by atoms with E-state index in [1.165, 1.54) is 0 Å². The summed E-state index contributed by atoms with van der Waals surface area (Å²) in [6, 6.07) is 5.76. The average Bonchev–Trinajstić information content (AvgIpc) is 3.37. The lowest BCUT2D eigenvalue weighted by Crippen LogP contribution is -2.64. The number of carbonyl (C=O) groups excluding carboxylic acids is 1. The predicted octanol–water partition coefficient (Wildman–Crippen LogP) is 2.24. The minimum atomic E-state index is -2.95. The van der Waals surface area contributed by atoms with Crippen molar-refractivity contribution < 1.29 is 17.6 Å². The van der Waals surface area contributed by atoms with Crippen LogP contribution in [0.15, 0.2) is 18.2 Å². The van der Waals surface area contributed by atoms with E-state index in [4.69, 9.17) is 11.6 Å². The Hall–Kier alpha value is -2.04. The number of aromatic nitrogens is 3. The van der Waals surface area contributed by atoms with Crippen LogP contribution in [0.1, 0.15) is 48.8 Å². The summed E-state index contributed by atoms with van der Waals surface area (Å²) in [5.74, 6) is 1.94. The van der Waals surface area contributed by atoms with Gasteiger partial charge in [-0.1, -0.05) is 11.6 Å². The highest BCUT2D eigenvalue weighted by Crippen LogP contribution is 2.57. The monoisotopic (exact) mass is 505 g/mol. The van der Waals surface area contributed by atoms with Gasteiger partial charge in [-0.25, -0.2) is 12.8 Å². The normalized spacial score (nSPS) is 26.6. The van der Waals surface area contributed by atoms with Crippen molar-refractivity contribution in [3.05, 3.63) is 40.4 Å². The lowest BCUT2D eigenvalue weighted by atomic mass is 9.57. The minimum Gasteiger partial charge on any atom is -0.339 e. The zero-order valence-corrected chi connectivity index (χ0v) is 20.2. The molecule has 2 aromatic rings. The maximum atomic E-state index is 14.1. The van der Waals surface area contributed by atoms with Gasteiger partial charge in [0.05, 0.1) is 23.7 Å². The fourth-order valence-electron chi connectivity index (χ4n) is 6.26. The van der Waals surface area contributed by atoms with Crippen LogP contribution < -0.4 is 0 Å². The van der Waals surface area contributed by atoms with Gasteiger partial charge in [0, 0.05) is 42.0 Å². The molecule has 1 aromatic heterocycles. The van der Waals surface area contributed by atoms with E-state index >= 15 is 0 Å². The molecule has 1 amide bonds. The van der Waals surface area contributed by atoms with Crippen LogP contribution >= 0.6 is 11.6 Å². The van der Waals surface area contributed by atoms with Crippen molar-refractivity contribution in [2.24, 2.45) is 5.41 Å². The Morgan fingerprint density at radius 3 is 2.53 bits per heavy atom. The van der Waals surface area contributed by atoms with E-state index in [1.54, 1.807) is 4.90 Å². The number of nitrogens with zero attached hydrogens (tertiary/aromatic N) is 5. The smallest absolute Gasteiger partial charge is 0.260 e. The van der Waals surface area contributed by atoms with Gasteiger partial charge in [-0.3, -0.25) is 14.3 Å². The van der Waals surface area contributed by atoms with E-state index in [0.717, 1.165) is 35.7 Å². The van der Waals surface area contributed by atoms with Gasteiger partial charge in [-0.05, 0) is 49.4 Å². The number of hydrogen-bond donors (Lipinski definition) is 0. The molecule has 0 unspecified atom stereocenters. The molecular weight excluding hydrogens is 481 g/mol. The third kappa shape index (κ3) is 3.18. The van der Waals surface area contributed by atoms with Crippen molar-refractivity contribution >= 4 is 27.3 Å². The summed E-state index contributed by atoms with van der Waals surface area (Å²) in [5, 5.41) is 9.73. The molecule has 0 N–H and O–H groups in total. The van der Waals surface area contributed by atoms with Gasteiger partial charge in [0.1, 0.15) is 5.82 Å². The third-order valence-electron chi connectivity index (χ3n) is 8.30. The molecule has 7 rings (SSSR count). The van der Waals surface area contributed by atoms with Crippen molar-refractivity contribution in [3.8, 4) is 5.69 Å². The lowest BCUT2D eigenvalue weighted by molar-refractivity contribution is -0.158. The van der Waals surface area contributed by atoms with Crippen molar-refractivity contribution in [1.82, 2.24) is 24.6 Å². The lowest BCUT2D eigenvalue weighted by Gasteiger charge is -2.59. The van der Waals surface area contributed by atoms with Gasteiger partial charge < -0.3 is 4.90 Å². The molecule has 2 saturated heterocycles. The Labute approximate surface area is 202 Å². The number of hydrogen-bond acceptors (Lipinski definition) is 6. The average molecular weight is 506 g/mol. The van der Waals surface area contributed by atoms with E-state index in [1.807, 2.05) is 18.2 Å². The standard InChI is InChI=1S/C23H25ClFN5O3S/c24-16-1-2-18-14(5-16)8-28(17-10-34(32,33)11-17)9-19-26-27-20(30(18)19)15-6-22(7-15)12-29(13-22)21(31)23(25)3-4-23/h1-2,5,15,17H,3-4,6-13H2. The largest absolute Gasteiger partial charge is 0.339 e. The highest BCUT2D eigenvalue weighted by molar-refractivity contribution is 7.92.